The molecule has 1 aliphatic rings. The van der Waals surface area contributed by atoms with Crippen molar-refractivity contribution in [2.45, 2.75) is 6.42 Å². The van der Waals surface area contributed by atoms with Crippen molar-refractivity contribution < 1.29 is 9.53 Å². The van der Waals surface area contributed by atoms with Crippen molar-refractivity contribution in [1.29, 1.82) is 0 Å². The molecule has 0 bridgehead atoms. The first-order valence-electron chi connectivity index (χ1n) is 6.33. The van der Waals surface area contributed by atoms with Crippen LogP contribution in [0.1, 0.15) is 6.42 Å². The summed E-state index contributed by atoms with van der Waals surface area (Å²) in [5.74, 6) is 0.491. The topological polar surface area (TPSA) is 79.6 Å². The van der Waals surface area contributed by atoms with E-state index in [2.05, 4.69) is 15.5 Å². The molecule has 1 aromatic carbocycles. The molecule has 0 aliphatic carbocycles. The van der Waals surface area contributed by atoms with Crippen molar-refractivity contribution >= 4 is 23.0 Å². The molecule has 1 aromatic rings. The molecule has 19 heavy (non-hydrogen) atoms. The zero-order valence-electron chi connectivity index (χ0n) is 11.3. The molecule has 0 fully saturated rings. The van der Waals surface area contributed by atoms with E-state index in [9.17, 15) is 4.79 Å². The molecule has 1 aliphatic heterocycles. The summed E-state index contributed by atoms with van der Waals surface area (Å²) < 4.78 is 5.33. The van der Waals surface area contributed by atoms with E-state index in [0.29, 0.717) is 17.1 Å². The standard InChI is InChI=1S/C13H20N4O2/c1-15-4-3-5-17(2)11-7-10-12(6-9(11)14)19-8-13(18)16-10/h6-7,15H,3-5,8,14H2,1-2H3,(H,16,18). The molecule has 0 saturated carbocycles. The molecular formula is C13H20N4O2. The number of anilines is 3. The Morgan fingerprint density at radius 3 is 3.05 bits per heavy atom. The smallest absolute Gasteiger partial charge is 0.262 e. The van der Waals surface area contributed by atoms with E-state index in [1.165, 1.54) is 0 Å². The number of carbonyl (C=O) groups is 1. The lowest BCUT2D eigenvalue weighted by atomic mass is 10.2. The first-order chi connectivity index (χ1) is 9.11. The van der Waals surface area contributed by atoms with E-state index in [4.69, 9.17) is 10.5 Å². The van der Waals surface area contributed by atoms with E-state index in [-0.39, 0.29) is 12.5 Å². The Morgan fingerprint density at radius 2 is 2.32 bits per heavy atom. The highest BCUT2D eigenvalue weighted by Crippen LogP contribution is 2.36. The minimum Gasteiger partial charge on any atom is -0.482 e. The van der Waals surface area contributed by atoms with E-state index < -0.39 is 0 Å². The second-order valence-corrected chi connectivity index (χ2v) is 4.62. The predicted octanol–water partition coefficient (Wildman–Crippen LogP) is 0.645. The zero-order chi connectivity index (χ0) is 13.8. The van der Waals surface area contributed by atoms with Crippen LogP contribution in [0.15, 0.2) is 12.1 Å². The number of nitrogen functional groups attached to an aromatic ring is 1. The molecule has 0 atom stereocenters. The van der Waals surface area contributed by atoms with Crippen LogP contribution in [0, 0.1) is 0 Å². The lowest BCUT2D eigenvalue weighted by molar-refractivity contribution is -0.118. The van der Waals surface area contributed by atoms with Crippen LogP contribution in [0.3, 0.4) is 0 Å². The van der Waals surface area contributed by atoms with Gasteiger partial charge in [-0.25, -0.2) is 0 Å². The SMILES string of the molecule is CNCCCN(C)c1cc2c(cc1N)OCC(=O)N2. The average molecular weight is 264 g/mol. The minimum absolute atomic E-state index is 0.0454. The molecule has 0 aromatic heterocycles. The van der Waals surface area contributed by atoms with Crippen LogP contribution in [-0.2, 0) is 4.79 Å². The van der Waals surface area contributed by atoms with Crippen LogP contribution in [-0.4, -0.2) is 39.7 Å². The van der Waals surface area contributed by atoms with Crippen LogP contribution in [0.4, 0.5) is 17.1 Å². The van der Waals surface area contributed by atoms with Crippen molar-refractivity contribution in [2.75, 3.05) is 49.7 Å². The van der Waals surface area contributed by atoms with Gasteiger partial charge in [-0.3, -0.25) is 4.79 Å². The van der Waals surface area contributed by atoms with Crippen molar-refractivity contribution in [1.82, 2.24) is 5.32 Å². The van der Waals surface area contributed by atoms with Gasteiger partial charge in [0.1, 0.15) is 5.75 Å². The zero-order valence-corrected chi connectivity index (χ0v) is 11.3. The van der Waals surface area contributed by atoms with Crippen LogP contribution in [0.25, 0.3) is 0 Å². The molecule has 0 radical (unpaired) electrons. The number of rotatable bonds is 5. The largest absolute Gasteiger partial charge is 0.482 e. The molecule has 4 N–H and O–H groups in total. The van der Waals surface area contributed by atoms with Gasteiger partial charge < -0.3 is 26.0 Å². The fraction of sp³-hybridized carbons (Fsp3) is 0.462. The molecule has 6 nitrogen and oxygen atoms in total. The highest BCUT2D eigenvalue weighted by molar-refractivity contribution is 5.97. The molecule has 2 rings (SSSR count). The Hall–Kier alpha value is -1.95. The number of nitrogens with one attached hydrogen (secondary N) is 2. The molecule has 6 heteroatoms. The van der Waals surface area contributed by atoms with Crippen LogP contribution >= 0.6 is 0 Å². The van der Waals surface area contributed by atoms with E-state index in [1.54, 1.807) is 6.07 Å². The number of nitrogens with two attached hydrogens (primary N) is 1. The number of hydrogen-bond donors (Lipinski definition) is 3. The monoisotopic (exact) mass is 264 g/mol. The summed E-state index contributed by atoms with van der Waals surface area (Å²) >= 11 is 0. The number of amides is 1. The Labute approximate surface area is 112 Å². The lowest BCUT2D eigenvalue weighted by Gasteiger charge is -2.25. The van der Waals surface area contributed by atoms with Gasteiger partial charge in [0.2, 0.25) is 0 Å². The molecule has 0 unspecified atom stereocenters. The molecule has 1 heterocycles. The van der Waals surface area contributed by atoms with Gasteiger partial charge in [0.15, 0.2) is 6.61 Å². The molecule has 1 amide bonds. The van der Waals surface area contributed by atoms with Gasteiger partial charge in [-0.2, -0.15) is 0 Å². The quantitative estimate of drug-likeness (QED) is 0.537. The van der Waals surface area contributed by atoms with Gasteiger partial charge in [0.05, 0.1) is 17.1 Å². The summed E-state index contributed by atoms with van der Waals surface area (Å²) in [5, 5.41) is 5.90. The van der Waals surface area contributed by atoms with Crippen molar-refractivity contribution in [3.8, 4) is 5.75 Å². The number of carbonyl (C=O) groups excluding carboxylic acids is 1. The first kappa shape index (κ1) is 13.5. The second kappa shape index (κ2) is 5.79. The molecule has 0 spiro atoms. The summed E-state index contributed by atoms with van der Waals surface area (Å²) in [6.07, 6.45) is 1.02. The average Bonchev–Trinajstić information content (AvgIpc) is 2.38. The summed E-state index contributed by atoms with van der Waals surface area (Å²) in [4.78, 5) is 13.4. The Bertz CT molecular complexity index is 476. The third-order valence-corrected chi connectivity index (χ3v) is 3.09. The molecule has 104 valence electrons. The summed E-state index contributed by atoms with van der Waals surface area (Å²) in [7, 11) is 3.92. The van der Waals surface area contributed by atoms with Gasteiger partial charge in [-0.05, 0) is 26.1 Å². The first-order valence-corrected chi connectivity index (χ1v) is 6.33. The van der Waals surface area contributed by atoms with Gasteiger partial charge in [0, 0.05) is 19.7 Å². The third-order valence-electron chi connectivity index (χ3n) is 3.09. The number of hydrogen-bond acceptors (Lipinski definition) is 5. The van der Waals surface area contributed by atoms with Crippen molar-refractivity contribution in [3.05, 3.63) is 12.1 Å². The van der Waals surface area contributed by atoms with Gasteiger partial charge in [-0.1, -0.05) is 0 Å². The van der Waals surface area contributed by atoms with Gasteiger partial charge >= 0.3 is 0 Å². The maximum Gasteiger partial charge on any atom is 0.262 e. The Balaban J connectivity index is 2.16. The predicted molar refractivity (Wildman–Crippen MR) is 76.8 cm³/mol. The molecular weight excluding hydrogens is 244 g/mol. The number of fused-ring (bicyclic) bond motifs is 1. The number of benzene rings is 1. The summed E-state index contributed by atoms with van der Waals surface area (Å²) in [6, 6.07) is 3.62. The van der Waals surface area contributed by atoms with E-state index >= 15 is 0 Å². The van der Waals surface area contributed by atoms with Crippen molar-refractivity contribution in [2.24, 2.45) is 0 Å². The molecule has 0 saturated heterocycles. The normalized spacial score (nSPS) is 13.5. The van der Waals surface area contributed by atoms with E-state index in [1.807, 2.05) is 20.2 Å². The van der Waals surface area contributed by atoms with Crippen LogP contribution in [0.2, 0.25) is 0 Å². The van der Waals surface area contributed by atoms with Crippen LogP contribution < -0.4 is 26.0 Å². The highest BCUT2D eigenvalue weighted by atomic mass is 16.5. The maximum absolute atomic E-state index is 11.3. The highest BCUT2D eigenvalue weighted by Gasteiger charge is 2.19. The summed E-state index contributed by atoms with van der Waals surface area (Å²) in [6.45, 7) is 1.89. The Morgan fingerprint density at radius 1 is 1.53 bits per heavy atom. The van der Waals surface area contributed by atoms with Crippen LogP contribution in [0.5, 0.6) is 5.75 Å². The second-order valence-electron chi connectivity index (χ2n) is 4.62. The van der Waals surface area contributed by atoms with Crippen molar-refractivity contribution in [3.63, 3.8) is 0 Å². The number of ether oxygens (including phenoxy) is 1. The van der Waals surface area contributed by atoms with Gasteiger partial charge in [-0.15, -0.1) is 0 Å². The maximum atomic E-state index is 11.3. The third kappa shape index (κ3) is 3.08. The lowest BCUT2D eigenvalue weighted by Crippen LogP contribution is -2.27. The van der Waals surface area contributed by atoms with E-state index in [0.717, 1.165) is 25.2 Å². The van der Waals surface area contributed by atoms with Gasteiger partial charge in [0.25, 0.3) is 5.91 Å². The fourth-order valence-electron chi connectivity index (χ4n) is 2.07. The Kier molecular flexibility index (Phi) is 4.11. The minimum atomic E-state index is -0.138. The summed E-state index contributed by atoms with van der Waals surface area (Å²) in [5.41, 5.74) is 8.27. The fourth-order valence-corrected chi connectivity index (χ4v) is 2.07. The number of nitrogens with zero attached hydrogens (tertiary/aromatic N) is 1.